The molecule has 0 heterocycles. The lowest BCUT2D eigenvalue weighted by Gasteiger charge is -2.12. The van der Waals surface area contributed by atoms with Crippen LogP contribution in [0.5, 0.6) is 5.75 Å². The van der Waals surface area contributed by atoms with Crippen LogP contribution in [0, 0.1) is 0 Å². The van der Waals surface area contributed by atoms with Crippen LogP contribution in [0.1, 0.15) is 49.4 Å². The maximum Gasteiger partial charge on any atom is 0.119 e. The number of nitrogens with one attached hydrogen (secondary N) is 1. The molecule has 0 saturated carbocycles. The SMILES string of the molecule is CNC(C)c1ccc(OCc2ccc(C(C)C)cc2)cc1. The average Bonchev–Trinajstić information content (AvgIpc) is 2.53. The topological polar surface area (TPSA) is 21.3 Å². The van der Waals surface area contributed by atoms with Crippen molar-refractivity contribution in [3.8, 4) is 5.75 Å². The highest BCUT2D eigenvalue weighted by Gasteiger charge is 2.03. The molecule has 0 aliphatic carbocycles. The molecule has 0 spiro atoms. The molecular formula is C19H25NO. The number of hydrogen-bond acceptors (Lipinski definition) is 2. The summed E-state index contributed by atoms with van der Waals surface area (Å²) in [6.45, 7) is 7.17. The van der Waals surface area contributed by atoms with Crippen LogP contribution in [0.3, 0.4) is 0 Å². The van der Waals surface area contributed by atoms with Crippen molar-refractivity contribution in [3.63, 3.8) is 0 Å². The molecule has 0 aromatic heterocycles. The normalized spacial score (nSPS) is 12.4. The van der Waals surface area contributed by atoms with Crippen molar-refractivity contribution in [2.75, 3.05) is 7.05 Å². The summed E-state index contributed by atoms with van der Waals surface area (Å²) in [5.74, 6) is 1.48. The number of rotatable bonds is 6. The minimum Gasteiger partial charge on any atom is -0.489 e. The van der Waals surface area contributed by atoms with Gasteiger partial charge in [-0.2, -0.15) is 0 Å². The second kappa shape index (κ2) is 7.28. The molecule has 1 atom stereocenters. The molecule has 1 unspecified atom stereocenters. The third kappa shape index (κ3) is 4.33. The van der Waals surface area contributed by atoms with E-state index in [1.807, 2.05) is 19.2 Å². The van der Waals surface area contributed by atoms with E-state index in [0.717, 1.165) is 5.75 Å². The van der Waals surface area contributed by atoms with Crippen molar-refractivity contribution in [2.45, 2.75) is 39.3 Å². The fraction of sp³-hybridized carbons (Fsp3) is 0.368. The van der Waals surface area contributed by atoms with Crippen LogP contribution in [-0.2, 0) is 6.61 Å². The predicted octanol–water partition coefficient (Wildman–Crippen LogP) is 4.67. The number of benzene rings is 2. The van der Waals surface area contributed by atoms with Gasteiger partial charge in [0, 0.05) is 6.04 Å². The minimum atomic E-state index is 0.364. The Hall–Kier alpha value is -1.80. The lowest BCUT2D eigenvalue weighted by Crippen LogP contribution is -2.11. The van der Waals surface area contributed by atoms with Gasteiger partial charge in [-0.15, -0.1) is 0 Å². The van der Waals surface area contributed by atoms with Crippen molar-refractivity contribution in [3.05, 3.63) is 65.2 Å². The molecule has 2 rings (SSSR count). The first-order valence-electron chi connectivity index (χ1n) is 7.59. The predicted molar refractivity (Wildman–Crippen MR) is 88.8 cm³/mol. The van der Waals surface area contributed by atoms with Gasteiger partial charge in [0.05, 0.1) is 0 Å². The van der Waals surface area contributed by atoms with Crippen molar-refractivity contribution in [1.29, 1.82) is 0 Å². The van der Waals surface area contributed by atoms with E-state index in [9.17, 15) is 0 Å². The van der Waals surface area contributed by atoms with E-state index in [1.54, 1.807) is 0 Å². The van der Waals surface area contributed by atoms with Crippen LogP contribution < -0.4 is 10.1 Å². The maximum absolute atomic E-state index is 5.84. The van der Waals surface area contributed by atoms with Gasteiger partial charge in [0.25, 0.3) is 0 Å². The van der Waals surface area contributed by atoms with Gasteiger partial charge in [0.15, 0.2) is 0 Å². The lowest BCUT2D eigenvalue weighted by atomic mass is 10.0. The molecule has 0 fully saturated rings. The summed E-state index contributed by atoms with van der Waals surface area (Å²) in [6.07, 6.45) is 0. The van der Waals surface area contributed by atoms with Crippen molar-refractivity contribution in [2.24, 2.45) is 0 Å². The van der Waals surface area contributed by atoms with E-state index in [4.69, 9.17) is 4.74 Å². The number of ether oxygens (including phenoxy) is 1. The zero-order chi connectivity index (χ0) is 15.2. The van der Waals surface area contributed by atoms with Gasteiger partial charge < -0.3 is 10.1 Å². The van der Waals surface area contributed by atoms with Crippen LogP contribution in [-0.4, -0.2) is 7.05 Å². The Bertz CT molecular complexity index is 543. The maximum atomic E-state index is 5.84. The fourth-order valence-electron chi connectivity index (χ4n) is 2.18. The highest BCUT2D eigenvalue weighted by Crippen LogP contribution is 2.19. The van der Waals surface area contributed by atoms with Crippen LogP contribution >= 0.6 is 0 Å². The van der Waals surface area contributed by atoms with Crippen molar-refractivity contribution < 1.29 is 4.74 Å². The van der Waals surface area contributed by atoms with Gasteiger partial charge in [0.1, 0.15) is 12.4 Å². The van der Waals surface area contributed by atoms with Gasteiger partial charge in [-0.05, 0) is 48.7 Å². The third-order valence-electron chi connectivity index (χ3n) is 3.87. The molecule has 0 amide bonds. The lowest BCUT2D eigenvalue weighted by molar-refractivity contribution is 0.306. The molecule has 0 aliphatic heterocycles. The van der Waals surface area contributed by atoms with Gasteiger partial charge in [0.2, 0.25) is 0 Å². The van der Waals surface area contributed by atoms with E-state index < -0.39 is 0 Å². The molecule has 21 heavy (non-hydrogen) atoms. The standard InChI is InChI=1S/C19H25NO/c1-14(2)17-7-5-16(6-8-17)13-21-19-11-9-18(10-12-19)15(3)20-4/h5-12,14-15,20H,13H2,1-4H3. The monoisotopic (exact) mass is 283 g/mol. The Morgan fingerprint density at radius 1 is 0.857 bits per heavy atom. The van der Waals surface area contributed by atoms with E-state index in [0.29, 0.717) is 18.6 Å². The molecule has 0 bridgehead atoms. The van der Waals surface area contributed by atoms with E-state index in [-0.39, 0.29) is 0 Å². The summed E-state index contributed by atoms with van der Waals surface area (Å²) in [7, 11) is 1.97. The van der Waals surface area contributed by atoms with Crippen LogP contribution in [0.2, 0.25) is 0 Å². The average molecular weight is 283 g/mol. The minimum absolute atomic E-state index is 0.364. The molecule has 2 aromatic rings. The molecule has 0 radical (unpaired) electrons. The molecule has 112 valence electrons. The molecular weight excluding hydrogens is 258 g/mol. The van der Waals surface area contributed by atoms with Crippen molar-refractivity contribution >= 4 is 0 Å². The van der Waals surface area contributed by atoms with Gasteiger partial charge in [-0.1, -0.05) is 50.2 Å². The summed E-state index contributed by atoms with van der Waals surface area (Å²) >= 11 is 0. The smallest absolute Gasteiger partial charge is 0.119 e. The van der Waals surface area contributed by atoms with E-state index in [2.05, 4.69) is 62.5 Å². The van der Waals surface area contributed by atoms with Crippen molar-refractivity contribution in [1.82, 2.24) is 5.32 Å². The summed E-state index contributed by atoms with van der Waals surface area (Å²) in [5, 5.41) is 3.23. The first kappa shape index (κ1) is 15.6. The number of hydrogen-bond donors (Lipinski definition) is 1. The van der Waals surface area contributed by atoms with Crippen LogP contribution in [0.15, 0.2) is 48.5 Å². The van der Waals surface area contributed by atoms with Crippen LogP contribution in [0.25, 0.3) is 0 Å². The Morgan fingerprint density at radius 2 is 1.43 bits per heavy atom. The quantitative estimate of drug-likeness (QED) is 0.832. The van der Waals surface area contributed by atoms with E-state index in [1.165, 1.54) is 16.7 Å². The molecule has 1 N–H and O–H groups in total. The summed E-state index contributed by atoms with van der Waals surface area (Å²) in [6, 6.07) is 17.3. The Labute approximate surface area is 128 Å². The van der Waals surface area contributed by atoms with Gasteiger partial charge >= 0.3 is 0 Å². The second-order valence-corrected chi connectivity index (χ2v) is 5.76. The fourth-order valence-corrected chi connectivity index (χ4v) is 2.18. The summed E-state index contributed by atoms with van der Waals surface area (Å²) in [4.78, 5) is 0. The Balaban J connectivity index is 1.93. The van der Waals surface area contributed by atoms with E-state index >= 15 is 0 Å². The zero-order valence-electron chi connectivity index (χ0n) is 13.4. The molecule has 2 aromatic carbocycles. The Kier molecular flexibility index (Phi) is 5.40. The highest BCUT2D eigenvalue weighted by atomic mass is 16.5. The molecule has 2 heteroatoms. The zero-order valence-corrected chi connectivity index (χ0v) is 13.4. The van der Waals surface area contributed by atoms with Gasteiger partial charge in [-0.25, -0.2) is 0 Å². The molecule has 0 saturated heterocycles. The highest BCUT2D eigenvalue weighted by molar-refractivity contribution is 5.30. The van der Waals surface area contributed by atoms with Gasteiger partial charge in [-0.3, -0.25) is 0 Å². The molecule has 0 aliphatic rings. The largest absolute Gasteiger partial charge is 0.489 e. The first-order chi connectivity index (χ1) is 10.1. The Morgan fingerprint density at radius 3 is 1.95 bits per heavy atom. The summed E-state index contributed by atoms with van der Waals surface area (Å²) in [5.41, 5.74) is 3.84. The first-order valence-corrected chi connectivity index (χ1v) is 7.59. The summed E-state index contributed by atoms with van der Waals surface area (Å²) < 4.78 is 5.84. The third-order valence-corrected chi connectivity index (χ3v) is 3.87. The molecule has 2 nitrogen and oxygen atoms in total. The van der Waals surface area contributed by atoms with Crippen LogP contribution in [0.4, 0.5) is 0 Å². The second-order valence-electron chi connectivity index (χ2n) is 5.76.